The van der Waals surface area contributed by atoms with Gasteiger partial charge in [-0.25, -0.2) is 9.97 Å². The zero-order valence-corrected chi connectivity index (χ0v) is 16.3. The minimum atomic E-state index is -0.363. The van der Waals surface area contributed by atoms with Crippen LogP contribution < -0.4 is 10.1 Å². The Morgan fingerprint density at radius 3 is 2.75 bits per heavy atom. The number of hydrogen-bond donors (Lipinski definition) is 1. The fourth-order valence-electron chi connectivity index (χ4n) is 2.85. The highest BCUT2D eigenvalue weighted by Crippen LogP contribution is 2.34. The summed E-state index contributed by atoms with van der Waals surface area (Å²) in [6.45, 7) is 4.38. The summed E-state index contributed by atoms with van der Waals surface area (Å²) in [7, 11) is 0. The SMILES string of the molecule is CCOc1ccc(NC(=O)[C@H](C)Sc2ncnc3c2oc2ccccc23)cc1. The zero-order chi connectivity index (χ0) is 19.5. The maximum atomic E-state index is 12.6. The molecule has 0 fully saturated rings. The van der Waals surface area contributed by atoms with Gasteiger partial charge in [0.25, 0.3) is 0 Å². The van der Waals surface area contributed by atoms with Crippen molar-refractivity contribution in [3.63, 3.8) is 0 Å². The van der Waals surface area contributed by atoms with Crippen LogP contribution in [0.4, 0.5) is 5.69 Å². The molecule has 2 heterocycles. The zero-order valence-electron chi connectivity index (χ0n) is 15.5. The number of ether oxygens (including phenoxy) is 1. The van der Waals surface area contributed by atoms with E-state index in [-0.39, 0.29) is 11.2 Å². The number of nitrogens with one attached hydrogen (secondary N) is 1. The fourth-order valence-corrected chi connectivity index (χ4v) is 3.71. The minimum Gasteiger partial charge on any atom is -0.494 e. The average molecular weight is 393 g/mol. The first kappa shape index (κ1) is 18.3. The van der Waals surface area contributed by atoms with Gasteiger partial charge in [-0.3, -0.25) is 4.79 Å². The van der Waals surface area contributed by atoms with E-state index in [2.05, 4.69) is 15.3 Å². The summed E-state index contributed by atoms with van der Waals surface area (Å²) in [6.07, 6.45) is 1.50. The lowest BCUT2D eigenvalue weighted by molar-refractivity contribution is -0.115. The van der Waals surface area contributed by atoms with E-state index in [0.29, 0.717) is 17.2 Å². The highest BCUT2D eigenvalue weighted by molar-refractivity contribution is 8.00. The smallest absolute Gasteiger partial charge is 0.237 e. The summed E-state index contributed by atoms with van der Waals surface area (Å²) in [5.41, 5.74) is 2.84. The molecule has 6 nitrogen and oxygen atoms in total. The second kappa shape index (κ2) is 7.90. The Bertz CT molecular complexity index is 1120. The molecule has 1 N–H and O–H groups in total. The molecule has 0 unspecified atom stereocenters. The molecule has 7 heteroatoms. The predicted molar refractivity (Wildman–Crippen MR) is 111 cm³/mol. The quantitative estimate of drug-likeness (QED) is 0.371. The Morgan fingerprint density at radius 2 is 1.96 bits per heavy atom. The van der Waals surface area contributed by atoms with Crippen LogP contribution in [0.25, 0.3) is 22.1 Å². The summed E-state index contributed by atoms with van der Waals surface area (Å²) < 4.78 is 11.3. The molecule has 0 radical (unpaired) electrons. The van der Waals surface area contributed by atoms with Crippen LogP contribution >= 0.6 is 11.8 Å². The monoisotopic (exact) mass is 393 g/mol. The number of anilines is 1. The van der Waals surface area contributed by atoms with E-state index in [9.17, 15) is 4.79 Å². The number of amides is 1. The van der Waals surface area contributed by atoms with Gasteiger partial charge in [0.05, 0.1) is 11.9 Å². The number of para-hydroxylation sites is 1. The standard InChI is InChI=1S/C21H19N3O3S/c1-3-26-15-10-8-14(9-11-15)24-20(25)13(2)28-21-19-18(22-12-23-21)16-6-4-5-7-17(16)27-19/h4-13H,3H2,1-2H3,(H,24,25)/t13-/m0/s1. The number of fused-ring (bicyclic) bond motifs is 3. The summed E-state index contributed by atoms with van der Waals surface area (Å²) in [5, 5.41) is 4.14. The molecule has 2 aromatic carbocycles. The van der Waals surface area contributed by atoms with Gasteiger partial charge in [0.15, 0.2) is 5.58 Å². The topological polar surface area (TPSA) is 77.2 Å². The van der Waals surface area contributed by atoms with Crippen molar-refractivity contribution in [3.05, 3.63) is 54.9 Å². The number of thioether (sulfide) groups is 1. The second-order valence-electron chi connectivity index (χ2n) is 6.16. The van der Waals surface area contributed by atoms with Crippen molar-refractivity contribution in [2.45, 2.75) is 24.1 Å². The Hall–Kier alpha value is -3.06. The molecule has 0 bridgehead atoms. The lowest BCUT2D eigenvalue weighted by atomic mass is 10.2. The van der Waals surface area contributed by atoms with Gasteiger partial charge in [0.2, 0.25) is 5.91 Å². The van der Waals surface area contributed by atoms with Crippen molar-refractivity contribution in [3.8, 4) is 5.75 Å². The van der Waals surface area contributed by atoms with Crippen molar-refractivity contribution in [1.29, 1.82) is 0 Å². The molecular formula is C21H19N3O3S. The van der Waals surface area contributed by atoms with Gasteiger partial charge in [-0.05, 0) is 50.2 Å². The van der Waals surface area contributed by atoms with E-state index in [4.69, 9.17) is 9.15 Å². The fraction of sp³-hybridized carbons (Fsp3) is 0.190. The third-order valence-electron chi connectivity index (χ3n) is 4.22. The van der Waals surface area contributed by atoms with E-state index in [1.54, 1.807) is 0 Å². The van der Waals surface area contributed by atoms with E-state index in [0.717, 1.165) is 27.9 Å². The maximum Gasteiger partial charge on any atom is 0.237 e. The number of carbonyl (C=O) groups is 1. The molecule has 28 heavy (non-hydrogen) atoms. The molecule has 0 aliphatic carbocycles. The summed E-state index contributed by atoms with van der Waals surface area (Å²) in [5.74, 6) is 0.660. The Morgan fingerprint density at radius 1 is 1.18 bits per heavy atom. The first-order chi connectivity index (χ1) is 13.7. The van der Waals surface area contributed by atoms with Crippen LogP contribution in [-0.4, -0.2) is 27.7 Å². The average Bonchev–Trinajstić information content (AvgIpc) is 3.09. The Balaban J connectivity index is 1.51. The van der Waals surface area contributed by atoms with Crippen molar-refractivity contribution < 1.29 is 13.9 Å². The minimum absolute atomic E-state index is 0.114. The van der Waals surface area contributed by atoms with Crippen LogP contribution in [0.2, 0.25) is 0 Å². The lowest BCUT2D eigenvalue weighted by Gasteiger charge is -2.12. The molecule has 0 aliphatic rings. The van der Waals surface area contributed by atoms with E-state index in [1.807, 2.05) is 62.4 Å². The van der Waals surface area contributed by atoms with E-state index >= 15 is 0 Å². The lowest BCUT2D eigenvalue weighted by Crippen LogP contribution is -2.22. The van der Waals surface area contributed by atoms with Crippen LogP contribution in [0.3, 0.4) is 0 Å². The van der Waals surface area contributed by atoms with Crippen LogP contribution in [-0.2, 0) is 4.79 Å². The van der Waals surface area contributed by atoms with Gasteiger partial charge in [0, 0.05) is 11.1 Å². The van der Waals surface area contributed by atoms with Crippen molar-refractivity contribution in [2.75, 3.05) is 11.9 Å². The molecule has 0 aliphatic heterocycles. The highest BCUT2D eigenvalue weighted by atomic mass is 32.2. The third kappa shape index (κ3) is 3.66. The van der Waals surface area contributed by atoms with Crippen molar-refractivity contribution in [2.24, 2.45) is 0 Å². The molecule has 4 aromatic rings. The maximum absolute atomic E-state index is 12.6. The van der Waals surface area contributed by atoms with Gasteiger partial charge in [-0.1, -0.05) is 23.9 Å². The Kier molecular flexibility index (Phi) is 5.16. The van der Waals surface area contributed by atoms with Gasteiger partial charge in [0.1, 0.15) is 28.2 Å². The Labute approximate surface area is 166 Å². The molecule has 1 amide bonds. The van der Waals surface area contributed by atoms with E-state index in [1.165, 1.54) is 18.1 Å². The number of furan rings is 1. The van der Waals surface area contributed by atoms with Crippen LogP contribution in [0.15, 0.2) is 64.3 Å². The first-order valence-corrected chi connectivity index (χ1v) is 9.86. The molecule has 2 aromatic heterocycles. The number of rotatable bonds is 6. The predicted octanol–water partition coefficient (Wildman–Crippen LogP) is 4.89. The molecule has 1 atom stereocenters. The number of carbonyl (C=O) groups excluding carboxylic acids is 1. The number of benzene rings is 2. The van der Waals surface area contributed by atoms with Crippen molar-refractivity contribution >= 4 is 45.4 Å². The van der Waals surface area contributed by atoms with E-state index < -0.39 is 0 Å². The van der Waals surface area contributed by atoms with Gasteiger partial charge >= 0.3 is 0 Å². The molecule has 0 spiro atoms. The summed E-state index contributed by atoms with van der Waals surface area (Å²) in [6, 6.07) is 15.0. The van der Waals surface area contributed by atoms with Crippen molar-refractivity contribution in [1.82, 2.24) is 9.97 Å². The molecule has 4 rings (SSSR count). The largest absolute Gasteiger partial charge is 0.494 e. The molecule has 142 valence electrons. The third-order valence-corrected chi connectivity index (χ3v) is 5.30. The van der Waals surface area contributed by atoms with Gasteiger partial charge in [-0.2, -0.15) is 0 Å². The first-order valence-electron chi connectivity index (χ1n) is 8.98. The summed E-state index contributed by atoms with van der Waals surface area (Å²) in [4.78, 5) is 21.3. The highest BCUT2D eigenvalue weighted by Gasteiger charge is 2.20. The molecular weight excluding hydrogens is 374 g/mol. The summed E-state index contributed by atoms with van der Waals surface area (Å²) >= 11 is 1.35. The number of nitrogens with zero attached hydrogens (tertiary/aromatic N) is 2. The molecule has 0 saturated carbocycles. The van der Waals surface area contributed by atoms with Gasteiger partial charge in [-0.15, -0.1) is 0 Å². The number of hydrogen-bond acceptors (Lipinski definition) is 6. The van der Waals surface area contributed by atoms with Crippen LogP contribution in [0.5, 0.6) is 5.75 Å². The van der Waals surface area contributed by atoms with Crippen LogP contribution in [0, 0.1) is 0 Å². The second-order valence-corrected chi connectivity index (χ2v) is 7.49. The molecule has 0 saturated heterocycles. The van der Waals surface area contributed by atoms with Gasteiger partial charge < -0.3 is 14.5 Å². The number of aromatic nitrogens is 2. The van der Waals surface area contributed by atoms with Crippen LogP contribution in [0.1, 0.15) is 13.8 Å². The normalized spacial score (nSPS) is 12.2.